The Morgan fingerprint density at radius 3 is 2.70 bits per heavy atom. The van der Waals surface area contributed by atoms with E-state index in [-0.39, 0.29) is 5.91 Å². The number of morpholine rings is 1. The molecule has 0 spiro atoms. The van der Waals surface area contributed by atoms with Gasteiger partial charge in [0.2, 0.25) is 0 Å². The standard InChI is InChI=1S/C13H17ClN2O4/c1-18-10-5-8(14)9(6-11(10)19-2)16-13(17)12-7-15-3-4-20-12/h5-6,12,15H,3-4,7H2,1-2H3,(H,16,17). The number of hydrogen-bond acceptors (Lipinski definition) is 5. The largest absolute Gasteiger partial charge is 0.493 e. The van der Waals surface area contributed by atoms with Gasteiger partial charge in [-0.3, -0.25) is 4.79 Å². The van der Waals surface area contributed by atoms with E-state index in [2.05, 4.69) is 10.6 Å². The summed E-state index contributed by atoms with van der Waals surface area (Å²) in [6.07, 6.45) is -0.520. The molecule has 1 fully saturated rings. The Morgan fingerprint density at radius 1 is 1.40 bits per heavy atom. The molecule has 1 aromatic carbocycles. The van der Waals surface area contributed by atoms with Crippen molar-refractivity contribution in [2.24, 2.45) is 0 Å². The van der Waals surface area contributed by atoms with Crippen molar-refractivity contribution in [3.05, 3.63) is 17.2 Å². The van der Waals surface area contributed by atoms with Crippen LogP contribution in [0.1, 0.15) is 0 Å². The van der Waals surface area contributed by atoms with Gasteiger partial charge in [0.1, 0.15) is 6.10 Å². The Kier molecular flexibility index (Phi) is 5.05. The lowest BCUT2D eigenvalue weighted by Crippen LogP contribution is -2.45. The minimum absolute atomic E-state index is 0.244. The molecule has 110 valence electrons. The Bertz CT molecular complexity index is 490. The average molecular weight is 301 g/mol. The number of carbonyl (C=O) groups excluding carboxylic acids is 1. The number of hydrogen-bond donors (Lipinski definition) is 2. The Labute approximate surface area is 122 Å². The molecular formula is C13H17ClN2O4. The molecule has 1 amide bonds. The summed E-state index contributed by atoms with van der Waals surface area (Å²) in [5, 5.41) is 6.20. The highest BCUT2D eigenvalue weighted by atomic mass is 35.5. The van der Waals surface area contributed by atoms with Gasteiger partial charge in [0.05, 0.1) is 31.5 Å². The predicted octanol–water partition coefficient (Wildman–Crippen LogP) is 1.28. The Hall–Kier alpha value is -1.50. The van der Waals surface area contributed by atoms with E-state index in [1.807, 2.05) is 0 Å². The molecule has 7 heteroatoms. The summed E-state index contributed by atoms with van der Waals surface area (Å²) in [4.78, 5) is 12.1. The zero-order valence-corrected chi connectivity index (χ0v) is 12.1. The van der Waals surface area contributed by atoms with E-state index in [0.29, 0.717) is 35.4 Å². The van der Waals surface area contributed by atoms with Crippen LogP contribution in [-0.2, 0) is 9.53 Å². The fourth-order valence-corrected chi connectivity index (χ4v) is 2.10. The molecule has 1 aromatic rings. The zero-order chi connectivity index (χ0) is 14.5. The minimum Gasteiger partial charge on any atom is -0.493 e. The van der Waals surface area contributed by atoms with Crippen molar-refractivity contribution in [2.75, 3.05) is 39.2 Å². The first kappa shape index (κ1) is 14.9. The van der Waals surface area contributed by atoms with Gasteiger partial charge in [-0.15, -0.1) is 0 Å². The lowest BCUT2D eigenvalue weighted by molar-refractivity contribution is -0.128. The molecule has 1 heterocycles. The van der Waals surface area contributed by atoms with Crippen molar-refractivity contribution in [1.29, 1.82) is 0 Å². The number of amides is 1. The molecule has 0 radical (unpaired) electrons. The number of ether oxygens (including phenoxy) is 3. The molecule has 0 aromatic heterocycles. The fourth-order valence-electron chi connectivity index (χ4n) is 1.90. The second kappa shape index (κ2) is 6.78. The van der Waals surface area contributed by atoms with E-state index in [0.717, 1.165) is 6.54 Å². The maximum absolute atomic E-state index is 12.1. The van der Waals surface area contributed by atoms with Gasteiger partial charge in [0, 0.05) is 25.2 Å². The summed E-state index contributed by atoms with van der Waals surface area (Å²) < 4.78 is 15.7. The van der Waals surface area contributed by atoms with Crippen LogP contribution >= 0.6 is 11.6 Å². The van der Waals surface area contributed by atoms with Crippen LogP contribution in [0.4, 0.5) is 5.69 Å². The van der Waals surface area contributed by atoms with E-state index in [1.165, 1.54) is 14.2 Å². The van der Waals surface area contributed by atoms with Crippen molar-refractivity contribution in [2.45, 2.75) is 6.10 Å². The lowest BCUT2D eigenvalue weighted by atomic mass is 10.2. The maximum Gasteiger partial charge on any atom is 0.254 e. The third-order valence-electron chi connectivity index (χ3n) is 2.95. The zero-order valence-electron chi connectivity index (χ0n) is 11.4. The van der Waals surface area contributed by atoms with Crippen LogP contribution in [0.5, 0.6) is 11.5 Å². The summed E-state index contributed by atoms with van der Waals surface area (Å²) >= 11 is 6.11. The third kappa shape index (κ3) is 3.33. The number of rotatable bonds is 4. The molecule has 2 N–H and O–H groups in total. The highest BCUT2D eigenvalue weighted by Crippen LogP contribution is 2.36. The van der Waals surface area contributed by atoms with E-state index < -0.39 is 6.10 Å². The summed E-state index contributed by atoms with van der Waals surface area (Å²) in [6.45, 7) is 1.75. The SMILES string of the molecule is COc1cc(Cl)c(NC(=O)C2CNCCO2)cc1OC. The Morgan fingerprint density at radius 2 is 2.10 bits per heavy atom. The summed E-state index contributed by atoms with van der Waals surface area (Å²) in [5.74, 6) is 0.757. The van der Waals surface area contributed by atoms with Crippen LogP contribution in [0.25, 0.3) is 0 Å². The first-order valence-corrected chi connectivity index (χ1v) is 6.58. The molecular weight excluding hydrogens is 284 g/mol. The number of benzene rings is 1. The van der Waals surface area contributed by atoms with Gasteiger partial charge >= 0.3 is 0 Å². The molecule has 1 aliphatic rings. The first-order valence-electron chi connectivity index (χ1n) is 6.20. The monoisotopic (exact) mass is 300 g/mol. The summed E-state index contributed by atoms with van der Waals surface area (Å²) in [7, 11) is 3.04. The molecule has 6 nitrogen and oxygen atoms in total. The summed E-state index contributed by atoms with van der Waals surface area (Å²) in [5.41, 5.74) is 0.462. The quantitative estimate of drug-likeness (QED) is 0.877. The number of carbonyl (C=O) groups is 1. The van der Waals surface area contributed by atoms with Gasteiger partial charge in [-0.25, -0.2) is 0 Å². The van der Waals surface area contributed by atoms with Gasteiger partial charge in [-0.1, -0.05) is 11.6 Å². The van der Waals surface area contributed by atoms with Crippen molar-refractivity contribution in [3.8, 4) is 11.5 Å². The number of anilines is 1. The van der Waals surface area contributed by atoms with Gasteiger partial charge in [-0.05, 0) is 0 Å². The molecule has 1 atom stereocenters. The molecule has 1 saturated heterocycles. The normalized spacial score (nSPS) is 18.4. The predicted molar refractivity (Wildman–Crippen MR) is 75.8 cm³/mol. The van der Waals surface area contributed by atoms with Crippen LogP contribution in [0, 0.1) is 0 Å². The first-order chi connectivity index (χ1) is 9.65. The second-order valence-corrected chi connectivity index (χ2v) is 4.65. The number of halogens is 1. The van der Waals surface area contributed by atoms with Crippen LogP contribution < -0.4 is 20.1 Å². The highest BCUT2D eigenvalue weighted by molar-refractivity contribution is 6.34. The van der Waals surface area contributed by atoms with E-state index >= 15 is 0 Å². The summed E-state index contributed by atoms with van der Waals surface area (Å²) in [6, 6.07) is 3.21. The Balaban J connectivity index is 2.13. The van der Waals surface area contributed by atoms with Crippen LogP contribution in [0.3, 0.4) is 0 Å². The topological polar surface area (TPSA) is 68.8 Å². The third-order valence-corrected chi connectivity index (χ3v) is 3.26. The van der Waals surface area contributed by atoms with Crippen molar-refractivity contribution >= 4 is 23.2 Å². The maximum atomic E-state index is 12.1. The molecule has 0 aliphatic carbocycles. The van der Waals surface area contributed by atoms with Gasteiger partial charge < -0.3 is 24.8 Å². The van der Waals surface area contributed by atoms with Gasteiger partial charge in [0.15, 0.2) is 11.5 Å². The highest BCUT2D eigenvalue weighted by Gasteiger charge is 2.23. The smallest absolute Gasteiger partial charge is 0.254 e. The van der Waals surface area contributed by atoms with E-state index in [4.69, 9.17) is 25.8 Å². The van der Waals surface area contributed by atoms with E-state index in [9.17, 15) is 4.79 Å². The molecule has 20 heavy (non-hydrogen) atoms. The van der Waals surface area contributed by atoms with Crippen molar-refractivity contribution < 1.29 is 19.0 Å². The van der Waals surface area contributed by atoms with Crippen LogP contribution in [-0.4, -0.2) is 45.9 Å². The molecule has 0 saturated carbocycles. The molecule has 0 bridgehead atoms. The van der Waals surface area contributed by atoms with Crippen LogP contribution in [0.15, 0.2) is 12.1 Å². The lowest BCUT2D eigenvalue weighted by Gasteiger charge is -2.23. The second-order valence-electron chi connectivity index (χ2n) is 4.24. The van der Waals surface area contributed by atoms with Crippen LogP contribution in [0.2, 0.25) is 5.02 Å². The molecule has 2 rings (SSSR count). The van der Waals surface area contributed by atoms with Gasteiger partial charge in [0.25, 0.3) is 5.91 Å². The average Bonchev–Trinajstić information content (AvgIpc) is 2.49. The fraction of sp³-hybridized carbons (Fsp3) is 0.462. The minimum atomic E-state index is -0.520. The number of methoxy groups -OCH3 is 2. The van der Waals surface area contributed by atoms with E-state index in [1.54, 1.807) is 12.1 Å². The van der Waals surface area contributed by atoms with Gasteiger partial charge in [-0.2, -0.15) is 0 Å². The van der Waals surface area contributed by atoms with Crippen molar-refractivity contribution in [3.63, 3.8) is 0 Å². The molecule has 1 unspecified atom stereocenters. The molecule has 1 aliphatic heterocycles. The van der Waals surface area contributed by atoms with Crippen molar-refractivity contribution in [1.82, 2.24) is 5.32 Å². The number of nitrogens with one attached hydrogen (secondary N) is 2.